The van der Waals surface area contributed by atoms with Gasteiger partial charge in [-0.1, -0.05) is 38.5 Å². The van der Waals surface area contributed by atoms with E-state index in [1.165, 1.54) is 0 Å². The van der Waals surface area contributed by atoms with Crippen LogP contribution >= 0.6 is 0 Å². The van der Waals surface area contributed by atoms with Gasteiger partial charge in [-0.15, -0.1) is 0 Å². The fourth-order valence-corrected chi connectivity index (χ4v) is 5.70. The summed E-state index contributed by atoms with van der Waals surface area (Å²) >= 11 is -1.73. The maximum atomic E-state index is 13.2. The molecule has 1 aromatic carbocycles. The summed E-state index contributed by atoms with van der Waals surface area (Å²) in [5.41, 5.74) is 3.36. The third-order valence-electron chi connectivity index (χ3n) is 6.31. The zero-order chi connectivity index (χ0) is 25.2. The number of hydrogen-bond acceptors (Lipinski definition) is 5. The summed E-state index contributed by atoms with van der Waals surface area (Å²) in [6, 6.07) is 4.09. The molecule has 5 nitrogen and oxygen atoms in total. The number of allylic oxidation sites excluding steroid dienone is 2. The fraction of sp³-hybridized carbons (Fsp3) is 0.480. The van der Waals surface area contributed by atoms with E-state index in [0.717, 1.165) is 35.1 Å². The minimum absolute atomic E-state index is 0.0397. The van der Waals surface area contributed by atoms with Gasteiger partial charge in [0.15, 0.2) is 5.78 Å². The molecule has 1 aliphatic rings. The lowest BCUT2D eigenvalue weighted by molar-refractivity contribution is -0.138. The molecule has 34 heavy (non-hydrogen) atoms. The van der Waals surface area contributed by atoms with Gasteiger partial charge in [0.25, 0.3) is 0 Å². The summed E-state index contributed by atoms with van der Waals surface area (Å²) in [7, 11) is 0. The second-order valence-electron chi connectivity index (χ2n) is 8.82. The Kier molecular flexibility index (Phi) is 8.08. The Labute approximate surface area is 200 Å². The van der Waals surface area contributed by atoms with Crippen molar-refractivity contribution in [2.75, 3.05) is 5.75 Å². The smallest absolute Gasteiger partial charge is 0.419 e. The second-order valence-corrected chi connectivity index (χ2v) is 10.2. The molecule has 3 rings (SSSR count). The van der Waals surface area contributed by atoms with E-state index in [1.54, 1.807) is 0 Å². The monoisotopic (exact) mass is 494 g/mol. The van der Waals surface area contributed by atoms with Gasteiger partial charge in [-0.3, -0.25) is 4.79 Å². The first kappa shape index (κ1) is 26.2. The van der Waals surface area contributed by atoms with E-state index < -0.39 is 22.9 Å². The minimum Gasteiger partial charge on any atom is -0.609 e. The quantitative estimate of drug-likeness (QED) is 0.399. The summed E-state index contributed by atoms with van der Waals surface area (Å²) < 4.78 is 50.8. The molecule has 0 spiro atoms. The summed E-state index contributed by atoms with van der Waals surface area (Å²) in [5.74, 6) is -0.510. The number of benzene rings is 1. The van der Waals surface area contributed by atoms with E-state index in [2.05, 4.69) is 9.97 Å². The number of hydrogen-bond donors (Lipinski definition) is 1. The van der Waals surface area contributed by atoms with Gasteiger partial charge >= 0.3 is 11.3 Å². The Morgan fingerprint density at radius 1 is 1.15 bits per heavy atom. The topological polar surface area (TPSA) is 86.1 Å². The van der Waals surface area contributed by atoms with Gasteiger partial charge < -0.3 is 9.66 Å². The number of aromatic nitrogens is 2. The minimum atomic E-state index is -4.57. The van der Waals surface area contributed by atoms with Crippen LogP contribution in [0.15, 0.2) is 35.4 Å². The van der Waals surface area contributed by atoms with Crippen LogP contribution in [-0.2, 0) is 35.0 Å². The van der Waals surface area contributed by atoms with Gasteiger partial charge in [0.2, 0.25) is 0 Å². The van der Waals surface area contributed by atoms with Gasteiger partial charge in [-0.2, -0.15) is 23.1 Å². The Bertz CT molecular complexity index is 1060. The van der Waals surface area contributed by atoms with Crippen molar-refractivity contribution >= 4 is 22.5 Å². The van der Waals surface area contributed by atoms with Crippen LogP contribution < -0.4 is 0 Å². The second kappa shape index (κ2) is 10.5. The van der Waals surface area contributed by atoms with Crippen LogP contribution in [0.25, 0.3) is 5.57 Å². The summed E-state index contributed by atoms with van der Waals surface area (Å²) in [5, 5.41) is 10.8. The maximum absolute atomic E-state index is 13.2. The number of nitrogens with zero attached hydrogens (tertiary/aromatic N) is 2. The van der Waals surface area contributed by atoms with Crippen LogP contribution in [0.1, 0.15) is 61.4 Å². The number of ketones is 1. The van der Waals surface area contributed by atoms with Crippen molar-refractivity contribution in [3.05, 3.63) is 58.1 Å². The normalized spacial score (nSPS) is 18.8. The largest absolute Gasteiger partial charge is 0.609 e. The Balaban J connectivity index is 1.79. The molecule has 0 amide bonds. The molecule has 0 aliphatic heterocycles. The molecule has 1 aromatic heterocycles. The zero-order valence-corrected chi connectivity index (χ0v) is 20.5. The molecular weight excluding hydrogens is 465 g/mol. The van der Waals surface area contributed by atoms with Crippen LogP contribution in [0.3, 0.4) is 0 Å². The van der Waals surface area contributed by atoms with Crippen molar-refractivity contribution in [3.8, 4) is 0 Å². The Morgan fingerprint density at radius 2 is 1.71 bits per heavy atom. The molecule has 1 aliphatic carbocycles. The SMILES string of the molecule is CCc1cc(C)cc(CC)c1C1=C(O)CC(C(C)C[S+]([O-])c2ncc(C(F)(F)F)cn2)CC1=O. The molecule has 3 atom stereocenters. The van der Waals surface area contributed by atoms with Crippen molar-refractivity contribution in [1.82, 2.24) is 9.97 Å². The van der Waals surface area contributed by atoms with Crippen molar-refractivity contribution < 1.29 is 27.6 Å². The highest BCUT2D eigenvalue weighted by molar-refractivity contribution is 7.91. The van der Waals surface area contributed by atoms with E-state index in [4.69, 9.17) is 0 Å². The predicted octanol–water partition coefficient (Wildman–Crippen LogP) is 5.62. The van der Waals surface area contributed by atoms with E-state index in [9.17, 15) is 27.6 Å². The van der Waals surface area contributed by atoms with Crippen LogP contribution in [0.4, 0.5) is 13.2 Å². The van der Waals surface area contributed by atoms with E-state index in [-0.39, 0.29) is 47.1 Å². The predicted molar refractivity (Wildman–Crippen MR) is 125 cm³/mol. The maximum Gasteiger partial charge on any atom is 0.419 e. The molecule has 0 fully saturated rings. The average Bonchev–Trinajstić information content (AvgIpc) is 2.78. The highest BCUT2D eigenvalue weighted by atomic mass is 32.2. The Morgan fingerprint density at radius 3 is 2.18 bits per heavy atom. The number of aliphatic hydroxyl groups is 1. The van der Waals surface area contributed by atoms with Crippen molar-refractivity contribution in [2.24, 2.45) is 11.8 Å². The number of halogens is 3. The molecule has 9 heteroatoms. The number of Topliss-reactive ketones (excluding diaryl/α,β-unsaturated/α-hetero) is 1. The first-order valence-corrected chi connectivity index (χ1v) is 12.6. The standard InChI is InChI=1S/C25H29F3N2O3S/c1-5-16-7-14(3)8-17(6-2)22(16)23-20(31)9-18(10-21(23)32)15(4)13-34(33)24-29-11-19(12-30-24)25(26,27)28/h7-8,11-12,15,18,31H,5-6,9-10,13H2,1-4H3. The average molecular weight is 495 g/mol. The molecule has 0 saturated carbocycles. The fourth-order valence-electron chi connectivity index (χ4n) is 4.46. The van der Waals surface area contributed by atoms with Crippen molar-refractivity contribution in [2.45, 2.75) is 64.7 Å². The van der Waals surface area contributed by atoms with Gasteiger partial charge in [0, 0.05) is 42.3 Å². The molecule has 1 heterocycles. The summed E-state index contributed by atoms with van der Waals surface area (Å²) in [4.78, 5) is 20.4. The van der Waals surface area contributed by atoms with Gasteiger partial charge in [-0.25, -0.2) is 0 Å². The van der Waals surface area contributed by atoms with Crippen molar-refractivity contribution in [1.29, 1.82) is 0 Å². The van der Waals surface area contributed by atoms with Gasteiger partial charge in [-0.05, 0) is 42.4 Å². The summed E-state index contributed by atoms with van der Waals surface area (Å²) in [6.07, 6.45) is -1.38. The van der Waals surface area contributed by atoms with Crippen LogP contribution in [0.5, 0.6) is 0 Å². The number of aliphatic hydroxyl groups excluding tert-OH is 1. The third kappa shape index (κ3) is 5.63. The Hall–Kier alpha value is -2.39. The number of aryl methyl sites for hydroxylation is 3. The molecule has 3 unspecified atom stereocenters. The molecule has 0 bridgehead atoms. The molecule has 0 saturated heterocycles. The lowest BCUT2D eigenvalue weighted by atomic mass is 9.76. The number of carbonyl (C=O) groups excluding carboxylic acids is 1. The molecule has 184 valence electrons. The molecular formula is C25H29F3N2O3S. The van der Waals surface area contributed by atoms with E-state index in [0.29, 0.717) is 18.0 Å². The number of alkyl halides is 3. The number of rotatable bonds is 7. The molecule has 0 radical (unpaired) electrons. The number of carbonyl (C=O) groups is 1. The highest BCUT2D eigenvalue weighted by Crippen LogP contribution is 2.39. The first-order chi connectivity index (χ1) is 16.0. The first-order valence-electron chi connectivity index (χ1n) is 11.3. The lowest BCUT2D eigenvalue weighted by Crippen LogP contribution is -2.29. The molecule has 2 aromatic rings. The zero-order valence-electron chi connectivity index (χ0n) is 19.7. The van der Waals surface area contributed by atoms with Crippen LogP contribution in [0.2, 0.25) is 0 Å². The lowest BCUT2D eigenvalue weighted by Gasteiger charge is -2.29. The third-order valence-corrected chi connectivity index (χ3v) is 7.75. The molecule has 1 N–H and O–H groups in total. The van der Waals surface area contributed by atoms with Crippen LogP contribution in [0, 0.1) is 18.8 Å². The van der Waals surface area contributed by atoms with E-state index >= 15 is 0 Å². The van der Waals surface area contributed by atoms with Gasteiger partial charge in [0.05, 0.1) is 11.1 Å². The highest BCUT2D eigenvalue weighted by Gasteiger charge is 2.36. The van der Waals surface area contributed by atoms with Crippen molar-refractivity contribution in [3.63, 3.8) is 0 Å². The van der Waals surface area contributed by atoms with E-state index in [1.807, 2.05) is 39.8 Å². The summed E-state index contributed by atoms with van der Waals surface area (Å²) in [6.45, 7) is 7.87. The van der Waals surface area contributed by atoms with Gasteiger partial charge in [0.1, 0.15) is 11.5 Å². The van der Waals surface area contributed by atoms with Crippen LogP contribution in [-0.4, -0.2) is 31.2 Å².